The lowest BCUT2D eigenvalue weighted by molar-refractivity contribution is 0.601. The molecule has 0 fully saturated rings. The second-order valence-electron chi connectivity index (χ2n) is 4.14. The lowest BCUT2D eigenvalue weighted by atomic mass is 10.2. The largest absolute Gasteiger partial charge is 0.278 e. The van der Waals surface area contributed by atoms with Crippen molar-refractivity contribution in [1.29, 1.82) is 0 Å². The molecule has 0 heterocycles. The van der Waals surface area contributed by atoms with Crippen LogP contribution in [-0.4, -0.2) is 8.42 Å². The Hall–Kier alpha value is -0.750. The summed E-state index contributed by atoms with van der Waals surface area (Å²) in [4.78, 5) is 0.147. The van der Waals surface area contributed by atoms with Gasteiger partial charge < -0.3 is 0 Å². The monoisotopic (exact) mass is 393 g/mol. The maximum Gasteiger partial charge on any atom is 0.261 e. The zero-order valence-corrected chi connectivity index (χ0v) is 14.2. The van der Waals surface area contributed by atoms with E-state index >= 15 is 0 Å². The van der Waals surface area contributed by atoms with Crippen molar-refractivity contribution in [2.24, 2.45) is 0 Å². The first-order chi connectivity index (χ1) is 9.29. The van der Waals surface area contributed by atoms with E-state index in [0.717, 1.165) is 10.0 Å². The van der Waals surface area contributed by atoms with E-state index in [1.54, 1.807) is 25.1 Å². The van der Waals surface area contributed by atoms with Crippen LogP contribution in [0, 0.1) is 6.92 Å². The van der Waals surface area contributed by atoms with Crippen molar-refractivity contribution in [3.8, 4) is 0 Å². The molecule has 1 N–H and O–H groups in total. The van der Waals surface area contributed by atoms with Crippen LogP contribution < -0.4 is 4.72 Å². The molecule has 2 rings (SSSR count). The number of aryl methyl sites for hydroxylation is 1. The third-order valence-corrected chi connectivity index (χ3v) is 5.25. The minimum Gasteiger partial charge on any atom is -0.278 e. The van der Waals surface area contributed by atoms with E-state index in [4.69, 9.17) is 23.2 Å². The maximum absolute atomic E-state index is 12.2. The Morgan fingerprint density at radius 3 is 2.25 bits per heavy atom. The molecule has 0 atom stereocenters. The molecule has 0 aliphatic heterocycles. The maximum atomic E-state index is 12.2. The molecule has 2 aromatic rings. The van der Waals surface area contributed by atoms with Crippen molar-refractivity contribution >= 4 is 54.8 Å². The number of sulfonamides is 1. The van der Waals surface area contributed by atoms with Gasteiger partial charge in [-0.3, -0.25) is 4.72 Å². The molecule has 0 bridgehead atoms. The average Bonchev–Trinajstić information content (AvgIpc) is 2.36. The van der Waals surface area contributed by atoms with Crippen LogP contribution in [-0.2, 0) is 10.0 Å². The van der Waals surface area contributed by atoms with Gasteiger partial charge in [0.05, 0.1) is 15.6 Å². The molecule has 0 aliphatic carbocycles. The first-order valence-electron chi connectivity index (χ1n) is 5.53. The Kier molecular flexibility index (Phi) is 4.64. The number of anilines is 1. The minimum atomic E-state index is -3.70. The predicted octanol–water partition coefficient (Wildman–Crippen LogP) is 4.87. The lowest BCUT2D eigenvalue weighted by Crippen LogP contribution is -2.13. The summed E-state index contributed by atoms with van der Waals surface area (Å²) in [5, 5.41) is 0.746. The summed E-state index contributed by atoms with van der Waals surface area (Å²) in [6, 6.07) is 9.40. The molecule has 7 heteroatoms. The van der Waals surface area contributed by atoms with E-state index in [0.29, 0.717) is 10.0 Å². The van der Waals surface area contributed by atoms with Gasteiger partial charge in [-0.05, 0) is 48.9 Å². The number of hydrogen-bond acceptors (Lipinski definition) is 2. The second kappa shape index (κ2) is 5.93. The molecule has 20 heavy (non-hydrogen) atoms. The summed E-state index contributed by atoms with van der Waals surface area (Å²) in [6.45, 7) is 1.79. The Morgan fingerprint density at radius 1 is 1.05 bits per heavy atom. The summed E-state index contributed by atoms with van der Waals surface area (Å²) >= 11 is 15.3. The standard InChI is InChI=1S/C13H10BrCl2NO2S/c1-8-6-12(16)13(7-11(8)15)17-20(18,19)10-4-2-9(14)3-5-10/h2-7,17H,1H3. The number of hydrogen-bond donors (Lipinski definition) is 1. The van der Waals surface area contributed by atoms with Gasteiger partial charge >= 0.3 is 0 Å². The van der Waals surface area contributed by atoms with Gasteiger partial charge in [-0.15, -0.1) is 0 Å². The predicted molar refractivity (Wildman–Crippen MR) is 86.1 cm³/mol. The van der Waals surface area contributed by atoms with Crippen molar-refractivity contribution in [2.45, 2.75) is 11.8 Å². The third-order valence-electron chi connectivity index (χ3n) is 2.62. The smallest absolute Gasteiger partial charge is 0.261 e. The van der Waals surface area contributed by atoms with Crippen LogP contribution in [0.4, 0.5) is 5.69 Å². The van der Waals surface area contributed by atoms with Crippen LogP contribution in [0.2, 0.25) is 10.0 Å². The number of rotatable bonds is 3. The lowest BCUT2D eigenvalue weighted by Gasteiger charge is -2.11. The molecule has 0 aliphatic rings. The normalized spacial score (nSPS) is 11.4. The van der Waals surface area contributed by atoms with E-state index < -0.39 is 10.0 Å². The number of halogens is 3. The van der Waals surface area contributed by atoms with Gasteiger partial charge in [0.2, 0.25) is 0 Å². The van der Waals surface area contributed by atoms with Gasteiger partial charge in [0.25, 0.3) is 10.0 Å². The zero-order valence-electron chi connectivity index (χ0n) is 10.3. The molecule has 0 saturated heterocycles. The molecule has 0 saturated carbocycles. The van der Waals surface area contributed by atoms with Gasteiger partial charge in [0, 0.05) is 9.50 Å². The highest BCUT2D eigenvalue weighted by Crippen LogP contribution is 2.30. The minimum absolute atomic E-state index is 0.147. The van der Waals surface area contributed by atoms with Crippen molar-refractivity contribution in [2.75, 3.05) is 4.72 Å². The number of benzene rings is 2. The fraction of sp³-hybridized carbons (Fsp3) is 0.0769. The van der Waals surface area contributed by atoms with E-state index in [9.17, 15) is 8.42 Å². The highest BCUT2D eigenvalue weighted by Gasteiger charge is 2.16. The van der Waals surface area contributed by atoms with E-state index in [1.807, 2.05) is 0 Å². The molecule has 0 spiro atoms. The summed E-state index contributed by atoms with van der Waals surface area (Å²) < 4.78 is 27.7. The first-order valence-corrected chi connectivity index (χ1v) is 8.57. The van der Waals surface area contributed by atoms with Crippen LogP contribution in [0.3, 0.4) is 0 Å². The molecule has 2 aromatic carbocycles. The zero-order chi connectivity index (χ0) is 14.9. The molecular formula is C13H10BrCl2NO2S. The summed E-state index contributed by atoms with van der Waals surface area (Å²) in [7, 11) is -3.70. The Bertz CT molecular complexity index is 746. The number of nitrogens with one attached hydrogen (secondary N) is 1. The second-order valence-corrected chi connectivity index (χ2v) is 7.55. The van der Waals surface area contributed by atoms with Crippen LogP contribution in [0.25, 0.3) is 0 Å². The Labute approximate surface area is 136 Å². The fourth-order valence-electron chi connectivity index (χ4n) is 1.54. The van der Waals surface area contributed by atoms with Crippen LogP contribution >= 0.6 is 39.1 Å². The SMILES string of the molecule is Cc1cc(Cl)c(NS(=O)(=O)c2ccc(Br)cc2)cc1Cl. The summed E-state index contributed by atoms with van der Waals surface area (Å²) in [5.74, 6) is 0. The van der Waals surface area contributed by atoms with Crippen LogP contribution in [0.1, 0.15) is 5.56 Å². The molecule has 0 amide bonds. The highest BCUT2D eigenvalue weighted by molar-refractivity contribution is 9.10. The summed E-state index contributed by atoms with van der Waals surface area (Å²) in [5.41, 5.74) is 1.04. The van der Waals surface area contributed by atoms with Crippen molar-refractivity contribution in [3.63, 3.8) is 0 Å². The van der Waals surface area contributed by atoms with Gasteiger partial charge in [-0.1, -0.05) is 39.1 Å². The van der Waals surface area contributed by atoms with Crippen molar-refractivity contribution < 1.29 is 8.42 Å². The van der Waals surface area contributed by atoms with Crippen LogP contribution in [0.5, 0.6) is 0 Å². The first kappa shape index (κ1) is 15.6. The average molecular weight is 395 g/mol. The van der Waals surface area contributed by atoms with E-state index in [1.165, 1.54) is 18.2 Å². The highest BCUT2D eigenvalue weighted by atomic mass is 79.9. The van der Waals surface area contributed by atoms with Crippen molar-refractivity contribution in [1.82, 2.24) is 0 Å². The van der Waals surface area contributed by atoms with Crippen LogP contribution in [0.15, 0.2) is 45.8 Å². The van der Waals surface area contributed by atoms with Gasteiger partial charge in [-0.25, -0.2) is 8.42 Å². The molecule has 0 unspecified atom stereocenters. The Morgan fingerprint density at radius 2 is 1.65 bits per heavy atom. The topological polar surface area (TPSA) is 46.2 Å². The molecule has 0 radical (unpaired) electrons. The Balaban J connectivity index is 2.38. The molecular weight excluding hydrogens is 385 g/mol. The quantitative estimate of drug-likeness (QED) is 0.807. The van der Waals surface area contributed by atoms with Gasteiger partial charge in [-0.2, -0.15) is 0 Å². The van der Waals surface area contributed by atoms with E-state index in [2.05, 4.69) is 20.7 Å². The molecule has 106 valence electrons. The van der Waals surface area contributed by atoms with Gasteiger partial charge in [0.15, 0.2) is 0 Å². The molecule has 3 nitrogen and oxygen atoms in total. The molecule has 0 aromatic heterocycles. The van der Waals surface area contributed by atoms with Gasteiger partial charge in [0.1, 0.15) is 0 Å². The third kappa shape index (κ3) is 3.47. The fourth-order valence-corrected chi connectivity index (χ4v) is 3.36. The summed E-state index contributed by atoms with van der Waals surface area (Å²) in [6.07, 6.45) is 0. The van der Waals surface area contributed by atoms with E-state index in [-0.39, 0.29) is 10.6 Å². The van der Waals surface area contributed by atoms with Crippen molar-refractivity contribution in [3.05, 3.63) is 56.5 Å².